The summed E-state index contributed by atoms with van der Waals surface area (Å²) in [5.41, 5.74) is 2.52. The minimum absolute atomic E-state index is 0. The van der Waals surface area contributed by atoms with Crippen LogP contribution in [0.4, 0.5) is 5.69 Å². The first-order valence-corrected chi connectivity index (χ1v) is 12.0. The van der Waals surface area contributed by atoms with Gasteiger partial charge < -0.3 is 10.6 Å². The van der Waals surface area contributed by atoms with Crippen molar-refractivity contribution in [3.63, 3.8) is 0 Å². The van der Waals surface area contributed by atoms with Gasteiger partial charge in [0.2, 0.25) is 10.0 Å². The number of aryl methyl sites for hydroxylation is 2. The molecular weight excluding hydrogens is 457 g/mol. The topological polar surface area (TPSA) is 87.3 Å². The second-order valence-electron chi connectivity index (χ2n) is 7.86. The summed E-state index contributed by atoms with van der Waals surface area (Å²) in [7, 11) is -3.78. The Balaban J connectivity index is 0.00000341. The van der Waals surface area contributed by atoms with Gasteiger partial charge in [0.15, 0.2) is 0 Å². The largest absolute Gasteiger partial charge is 0.322 e. The van der Waals surface area contributed by atoms with E-state index in [9.17, 15) is 13.2 Å². The van der Waals surface area contributed by atoms with Gasteiger partial charge in [0.25, 0.3) is 5.91 Å². The molecule has 0 spiro atoms. The molecule has 2 aromatic carbocycles. The molecule has 2 aromatic rings. The Morgan fingerprint density at radius 1 is 1.13 bits per heavy atom. The average molecular weight is 486 g/mol. The molecule has 0 unspecified atom stereocenters. The fraction of sp³-hybridized carbons (Fsp3) is 0.409. The van der Waals surface area contributed by atoms with Gasteiger partial charge in [-0.05, 0) is 81.9 Å². The van der Waals surface area contributed by atoms with E-state index in [1.807, 2.05) is 26.0 Å². The van der Waals surface area contributed by atoms with Crippen LogP contribution >= 0.6 is 24.0 Å². The van der Waals surface area contributed by atoms with Crippen LogP contribution in [0.25, 0.3) is 0 Å². The summed E-state index contributed by atoms with van der Waals surface area (Å²) in [6, 6.07) is 10.1. The molecule has 1 amide bonds. The Labute approximate surface area is 195 Å². The SMILES string of the molecule is Cc1cc(S(=O)(=O)N[C@H](C)C2CCNCC2)c(Cl)cc1NC(=O)c1ccccc1C.Cl. The van der Waals surface area contributed by atoms with Crippen LogP contribution in [0.15, 0.2) is 41.3 Å². The lowest BCUT2D eigenvalue weighted by Gasteiger charge is -2.28. The molecule has 6 nitrogen and oxygen atoms in total. The van der Waals surface area contributed by atoms with Crippen molar-refractivity contribution < 1.29 is 13.2 Å². The van der Waals surface area contributed by atoms with Gasteiger partial charge in [-0.3, -0.25) is 4.79 Å². The van der Waals surface area contributed by atoms with E-state index in [0.29, 0.717) is 16.8 Å². The number of anilines is 1. The van der Waals surface area contributed by atoms with Crippen molar-refractivity contribution in [2.75, 3.05) is 18.4 Å². The first kappa shape index (κ1) is 25.6. The normalized spacial score (nSPS) is 15.7. The van der Waals surface area contributed by atoms with Gasteiger partial charge in [0, 0.05) is 17.3 Å². The van der Waals surface area contributed by atoms with Crippen molar-refractivity contribution in [2.24, 2.45) is 5.92 Å². The molecule has 170 valence electrons. The summed E-state index contributed by atoms with van der Waals surface area (Å²) in [4.78, 5) is 12.6. The van der Waals surface area contributed by atoms with Crippen LogP contribution in [-0.2, 0) is 10.0 Å². The van der Waals surface area contributed by atoms with Crippen LogP contribution < -0.4 is 15.4 Å². The van der Waals surface area contributed by atoms with E-state index < -0.39 is 10.0 Å². The molecule has 1 fully saturated rings. The molecule has 9 heteroatoms. The van der Waals surface area contributed by atoms with Gasteiger partial charge in [-0.1, -0.05) is 29.8 Å². The van der Waals surface area contributed by atoms with E-state index in [1.165, 1.54) is 12.1 Å². The fourth-order valence-corrected chi connectivity index (χ4v) is 5.69. The van der Waals surface area contributed by atoms with Crippen molar-refractivity contribution >= 4 is 45.6 Å². The molecule has 0 radical (unpaired) electrons. The number of carbonyl (C=O) groups excluding carboxylic acids is 1. The maximum Gasteiger partial charge on any atom is 0.255 e. The maximum absolute atomic E-state index is 13.0. The lowest BCUT2D eigenvalue weighted by Crippen LogP contribution is -2.42. The van der Waals surface area contributed by atoms with Crippen molar-refractivity contribution in [1.29, 1.82) is 0 Å². The van der Waals surface area contributed by atoms with Crippen molar-refractivity contribution in [2.45, 2.75) is 44.6 Å². The number of halogens is 2. The Bertz CT molecular complexity index is 1040. The van der Waals surface area contributed by atoms with Gasteiger partial charge in [-0.25, -0.2) is 13.1 Å². The Morgan fingerprint density at radius 3 is 2.42 bits per heavy atom. The summed E-state index contributed by atoms with van der Waals surface area (Å²) in [5, 5.41) is 6.19. The molecule has 3 rings (SSSR count). The van der Waals surface area contributed by atoms with Crippen LogP contribution in [0.1, 0.15) is 41.3 Å². The van der Waals surface area contributed by atoms with Crippen LogP contribution in [0.2, 0.25) is 5.02 Å². The highest BCUT2D eigenvalue weighted by atomic mass is 35.5. The second kappa shape index (κ2) is 10.8. The number of sulfonamides is 1. The number of hydrogen-bond acceptors (Lipinski definition) is 4. The molecule has 3 N–H and O–H groups in total. The lowest BCUT2D eigenvalue weighted by molar-refractivity contribution is 0.102. The zero-order chi connectivity index (χ0) is 21.9. The summed E-state index contributed by atoms with van der Waals surface area (Å²) in [5.74, 6) is 0.0223. The molecule has 0 bridgehead atoms. The minimum atomic E-state index is -3.78. The van der Waals surface area contributed by atoms with E-state index in [0.717, 1.165) is 31.5 Å². The van der Waals surface area contributed by atoms with Gasteiger partial charge in [-0.15, -0.1) is 12.4 Å². The standard InChI is InChI=1S/C22H28ClN3O3S.ClH/c1-14-6-4-5-7-18(14)22(27)25-20-13-19(23)21(12-15(20)2)30(28,29)26-16(3)17-8-10-24-11-9-17;/h4-7,12-13,16-17,24,26H,8-11H2,1-3H3,(H,25,27);1H/t16-;/m1./s1. The highest BCUT2D eigenvalue weighted by molar-refractivity contribution is 7.89. The predicted octanol–water partition coefficient (Wildman–Crippen LogP) is 4.30. The maximum atomic E-state index is 13.0. The molecule has 1 saturated heterocycles. The first-order chi connectivity index (χ1) is 14.2. The third-order valence-electron chi connectivity index (χ3n) is 5.64. The number of carbonyl (C=O) groups is 1. The van der Waals surface area contributed by atoms with Gasteiger partial charge >= 0.3 is 0 Å². The number of rotatable bonds is 6. The Morgan fingerprint density at radius 2 is 1.77 bits per heavy atom. The Hall–Kier alpha value is -1.64. The molecule has 0 aliphatic carbocycles. The fourth-order valence-electron chi connectivity index (χ4n) is 3.76. The highest BCUT2D eigenvalue weighted by Gasteiger charge is 2.27. The van der Waals surface area contributed by atoms with E-state index in [4.69, 9.17) is 11.6 Å². The van der Waals surface area contributed by atoms with Crippen LogP contribution in [-0.4, -0.2) is 33.5 Å². The zero-order valence-corrected chi connectivity index (χ0v) is 20.3. The molecule has 1 heterocycles. The summed E-state index contributed by atoms with van der Waals surface area (Å²) < 4.78 is 28.7. The lowest BCUT2D eigenvalue weighted by atomic mass is 9.92. The average Bonchev–Trinajstić information content (AvgIpc) is 2.71. The zero-order valence-electron chi connectivity index (χ0n) is 17.9. The van der Waals surface area contributed by atoms with E-state index in [1.54, 1.807) is 19.1 Å². The smallest absolute Gasteiger partial charge is 0.255 e. The number of hydrogen-bond donors (Lipinski definition) is 3. The third kappa shape index (κ3) is 6.20. The summed E-state index contributed by atoms with van der Waals surface area (Å²) >= 11 is 6.34. The number of piperidine rings is 1. The summed E-state index contributed by atoms with van der Waals surface area (Å²) in [6.45, 7) is 7.29. The summed E-state index contributed by atoms with van der Waals surface area (Å²) in [6.07, 6.45) is 1.86. The van der Waals surface area contributed by atoms with Crippen LogP contribution in [0.5, 0.6) is 0 Å². The number of amides is 1. The van der Waals surface area contributed by atoms with Crippen molar-refractivity contribution in [1.82, 2.24) is 10.0 Å². The molecule has 0 aromatic heterocycles. The van der Waals surface area contributed by atoms with Crippen LogP contribution in [0.3, 0.4) is 0 Å². The molecule has 1 aliphatic heterocycles. The van der Waals surface area contributed by atoms with Crippen LogP contribution in [0, 0.1) is 19.8 Å². The monoisotopic (exact) mass is 485 g/mol. The van der Waals surface area contributed by atoms with E-state index >= 15 is 0 Å². The van der Waals surface area contributed by atoms with E-state index in [-0.39, 0.29) is 40.2 Å². The first-order valence-electron chi connectivity index (χ1n) is 10.1. The molecular formula is C22H29Cl2N3O3S. The van der Waals surface area contributed by atoms with E-state index in [2.05, 4.69) is 15.4 Å². The highest BCUT2D eigenvalue weighted by Crippen LogP contribution is 2.30. The quantitative estimate of drug-likeness (QED) is 0.569. The molecule has 1 atom stereocenters. The number of benzene rings is 2. The molecule has 0 saturated carbocycles. The van der Waals surface area contributed by atoms with Gasteiger partial charge in [-0.2, -0.15) is 0 Å². The van der Waals surface area contributed by atoms with Crippen molar-refractivity contribution in [3.05, 3.63) is 58.1 Å². The molecule has 31 heavy (non-hydrogen) atoms. The predicted molar refractivity (Wildman–Crippen MR) is 128 cm³/mol. The number of nitrogens with one attached hydrogen (secondary N) is 3. The van der Waals surface area contributed by atoms with Crippen molar-refractivity contribution in [3.8, 4) is 0 Å². The Kier molecular flexibility index (Phi) is 8.92. The second-order valence-corrected chi connectivity index (χ2v) is 9.95. The third-order valence-corrected chi connectivity index (χ3v) is 7.66. The van der Waals surface area contributed by atoms with Gasteiger partial charge in [0.1, 0.15) is 4.90 Å². The molecule has 1 aliphatic rings. The van der Waals surface area contributed by atoms with Gasteiger partial charge in [0.05, 0.1) is 5.02 Å². The minimum Gasteiger partial charge on any atom is -0.322 e.